The van der Waals surface area contributed by atoms with Gasteiger partial charge in [0.2, 0.25) is 6.54 Å². The van der Waals surface area contributed by atoms with Gasteiger partial charge in [0.15, 0.2) is 6.61 Å². The lowest BCUT2D eigenvalue weighted by Crippen LogP contribution is -2.28. The lowest BCUT2D eigenvalue weighted by Gasteiger charge is -2.17. The quantitative estimate of drug-likeness (QED) is 0.430. The number of esters is 1. The second-order valence-electron chi connectivity index (χ2n) is 6.76. The van der Waals surface area contributed by atoms with E-state index in [-0.39, 0.29) is 31.1 Å². The average Bonchev–Trinajstić information content (AvgIpc) is 2.83. The van der Waals surface area contributed by atoms with Crippen LogP contribution in [0.2, 0.25) is 5.02 Å². The molecular weight excluding hydrogens is 376 g/mol. The molecule has 8 nitrogen and oxygen atoms in total. The van der Waals surface area contributed by atoms with Gasteiger partial charge in [-0.15, -0.1) is 0 Å². The van der Waals surface area contributed by atoms with E-state index in [2.05, 4.69) is 5.32 Å². The summed E-state index contributed by atoms with van der Waals surface area (Å²) >= 11 is 5.98. The second-order valence-corrected chi connectivity index (χ2v) is 7.17. The fraction of sp³-hybridized carbons (Fsp3) is 0.500. The number of hydrogen-bond acceptors (Lipinski definition) is 6. The van der Waals surface area contributed by atoms with E-state index in [1.165, 1.54) is 0 Å². The monoisotopic (exact) mass is 396 g/mol. The molecule has 1 amide bonds. The zero-order valence-corrected chi connectivity index (χ0v) is 15.8. The highest BCUT2D eigenvalue weighted by atomic mass is 35.5. The number of benzene rings is 1. The third kappa shape index (κ3) is 5.50. The number of amides is 1. The Morgan fingerprint density at radius 2 is 2.11 bits per heavy atom. The molecular formula is C18H21ClN2O6. The summed E-state index contributed by atoms with van der Waals surface area (Å²) in [5.41, 5.74) is 1.20. The summed E-state index contributed by atoms with van der Waals surface area (Å²) < 4.78 is 4.94. The van der Waals surface area contributed by atoms with Crippen molar-refractivity contribution < 1.29 is 24.0 Å². The first kappa shape index (κ1) is 20.8. The number of hydrogen-bond donors (Lipinski definition) is 1. The predicted molar refractivity (Wildman–Crippen MR) is 98.0 cm³/mol. The number of ether oxygens (including phenoxy) is 1. The van der Waals surface area contributed by atoms with Gasteiger partial charge in [0, 0.05) is 33.9 Å². The summed E-state index contributed by atoms with van der Waals surface area (Å²) in [6.07, 6.45) is -0.0455. The van der Waals surface area contributed by atoms with Gasteiger partial charge in [0.25, 0.3) is 5.91 Å². The van der Waals surface area contributed by atoms with E-state index in [1.54, 1.807) is 32.0 Å². The first-order valence-corrected chi connectivity index (χ1v) is 8.92. The van der Waals surface area contributed by atoms with Crippen molar-refractivity contribution in [1.82, 2.24) is 0 Å². The molecule has 0 saturated heterocycles. The van der Waals surface area contributed by atoms with Crippen LogP contribution in [0.4, 0.5) is 5.69 Å². The van der Waals surface area contributed by atoms with Crippen molar-refractivity contribution in [2.24, 2.45) is 17.8 Å². The minimum absolute atomic E-state index is 0.158. The van der Waals surface area contributed by atoms with Crippen molar-refractivity contribution in [3.8, 4) is 0 Å². The predicted octanol–water partition coefficient (Wildman–Crippen LogP) is 2.64. The van der Waals surface area contributed by atoms with E-state index in [9.17, 15) is 24.5 Å². The van der Waals surface area contributed by atoms with Crippen LogP contribution in [0.5, 0.6) is 0 Å². The lowest BCUT2D eigenvalue weighted by atomic mass is 9.88. The number of carbonyl (C=O) groups excluding carboxylic acids is 3. The highest BCUT2D eigenvalue weighted by Gasteiger charge is 2.44. The van der Waals surface area contributed by atoms with Gasteiger partial charge in [0.05, 0.1) is 6.42 Å². The van der Waals surface area contributed by atoms with E-state index in [0.29, 0.717) is 16.3 Å². The molecule has 146 valence electrons. The largest absolute Gasteiger partial charge is 0.456 e. The summed E-state index contributed by atoms with van der Waals surface area (Å²) in [4.78, 5) is 46.3. The fourth-order valence-corrected chi connectivity index (χ4v) is 3.49. The maximum Gasteiger partial charge on any atom is 0.307 e. The number of ketones is 1. The van der Waals surface area contributed by atoms with Crippen LogP contribution in [0.3, 0.4) is 0 Å². The van der Waals surface area contributed by atoms with Crippen molar-refractivity contribution in [3.63, 3.8) is 0 Å². The van der Waals surface area contributed by atoms with Gasteiger partial charge in [-0.3, -0.25) is 24.5 Å². The van der Waals surface area contributed by atoms with Gasteiger partial charge in [-0.2, -0.15) is 0 Å². The van der Waals surface area contributed by atoms with Crippen LogP contribution >= 0.6 is 11.6 Å². The van der Waals surface area contributed by atoms with Crippen molar-refractivity contribution in [3.05, 3.63) is 38.9 Å². The molecule has 27 heavy (non-hydrogen) atoms. The van der Waals surface area contributed by atoms with E-state index in [1.807, 2.05) is 0 Å². The fourth-order valence-electron chi connectivity index (χ4n) is 3.31. The molecule has 1 N–H and O–H groups in total. The Morgan fingerprint density at radius 1 is 1.41 bits per heavy atom. The number of rotatable bonds is 7. The molecule has 1 aromatic rings. The first-order valence-electron chi connectivity index (χ1n) is 8.54. The van der Waals surface area contributed by atoms with Crippen molar-refractivity contribution in [2.45, 2.75) is 26.7 Å². The zero-order valence-electron chi connectivity index (χ0n) is 15.1. The molecule has 0 aromatic heterocycles. The van der Waals surface area contributed by atoms with Crippen molar-refractivity contribution in [2.75, 3.05) is 18.5 Å². The topological polar surface area (TPSA) is 116 Å². The van der Waals surface area contributed by atoms with Gasteiger partial charge in [-0.1, -0.05) is 24.6 Å². The van der Waals surface area contributed by atoms with Gasteiger partial charge in [0.1, 0.15) is 5.78 Å². The normalized spacial score (nSPS) is 21.7. The molecule has 0 heterocycles. The van der Waals surface area contributed by atoms with E-state index in [4.69, 9.17) is 16.3 Å². The van der Waals surface area contributed by atoms with Gasteiger partial charge in [-0.25, -0.2) is 0 Å². The molecule has 0 radical (unpaired) electrons. The Balaban J connectivity index is 1.88. The molecule has 1 aliphatic rings. The number of anilines is 1. The number of nitro groups is 1. The summed E-state index contributed by atoms with van der Waals surface area (Å²) in [7, 11) is 0. The molecule has 2 rings (SSSR count). The van der Waals surface area contributed by atoms with Gasteiger partial charge in [-0.05, 0) is 30.5 Å². The van der Waals surface area contributed by atoms with Crippen LogP contribution in [0.25, 0.3) is 0 Å². The molecule has 1 aliphatic carbocycles. The zero-order chi connectivity index (χ0) is 20.1. The second kappa shape index (κ2) is 8.94. The van der Waals surface area contributed by atoms with Crippen LogP contribution in [-0.2, 0) is 19.1 Å². The molecule has 0 bridgehead atoms. The Morgan fingerprint density at radius 3 is 2.78 bits per heavy atom. The molecule has 1 saturated carbocycles. The number of halogens is 1. The Bertz CT molecular complexity index is 766. The molecule has 1 aromatic carbocycles. The minimum Gasteiger partial charge on any atom is -0.456 e. The van der Waals surface area contributed by atoms with Crippen molar-refractivity contribution in [1.29, 1.82) is 0 Å². The lowest BCUT2D eigenvalue weighted by molar-refractivity contribution is -0.490. The van der Waals surface area contributed by atoms with Crippen LogP contribution in [-0.4, -0.2) is 35.7 Å². The van der Waals surface area contributed by atoms with E-state index < -0.39 is 35.2 Å². The summed E-state index contributed by atoms with van der Waals surface area (Å²) in [5, 5.41) is 13.9. The van der Waals surface area contributed by atoms with Crippen LogP contribution < -0.4 is 5.32 Å². The maximum absolute atomic E-state index is 12.0. The molecule has 0 spiro atoms. The number of carbonyl (C=O) groups is 3. The standard InChI is InChI=1S/C18H21ClN2O6/c1-10-6-16(22)12(13(10)8-21(25)26)7-18(24)27-9-17(23)20-15-5-3-4-14(19)11(15)2/h3-5,10,12-13H,6-9H2,1-2H3,(H,20,23)/t10-,12-,13+/m1/s1. The average molecular weight is 397 g/mol. The smallest absolute Gasteiger partial charge is 0.307 e. The third-order valence-electron chi connectivity index (χ3n) is 4.84. The summed E-state index contributed by atoms with van der Waals surface area (Å²) in [5.74, 6) is -2.84. The Kier molecular flexibility index (Phi) is 6.90. The number of nitrogens with zero attached hydrogens (tertiary/aromatic N) is 1. The van der Waals surface area contributed by atoms with E-state index in [0.717, 1.165) is 0 Å². The summed E-state index contributed by atoms with van der Waals surface area (Å²) in [6.45, 7) is 2.63. The van der Waals surface area contributed by atoms with Crippen LogP contribution in [0, 0.1) is 34.8 Å². The van der Waals surface area contributed by atoms with Crippen molar-refractivity contribution >= 4 is 34.9 Å². The summed E-state index contributed by atoms with van der Waals surface area (Å²) in [6, 6.07) is 5.04. The number of nitrogens with one attached hydrogen (secondary N) is 1. The van der Waals surface area contributed by atoms with Crippen LogP contribution in [0.15, 0.2) is 18.2 Å². The molecule has 0 unspecified atom stereocenters. The third-order valence-corrected chi connectivity index (χ3v) is 5.25. The maximum atomic E-state index is 12.0. The number of Topliss-reactive ketones (excluding diaryl/α,β-unsaturated/α-hetero) is 1. The molecule has 0 aliphatic heterocycles. The Labute approximate surface area is 161 Å². The minimum atomic E-state index is -0.740. The molecule has 1 fully saturated rings. The first-order chi connectivity index (χ1) is 12.7. The van der Waals surface area contributed by atoms with Gasteiger partial charge < -0.3 is 10.1 Å². The Hall–Kier alpha value is -2.48. The highest BCUT2D eigenvalue weighted by Crippen LogP contribution is 2.36. The SMILES string of the molecule is Cc1c(Cl)cccc1NC(=O)COC(=O)C[C@H]1C(=O)C[C@@H](C)[C@@H]1C[N+](=O)[O-]. The van der Waals surface area contributed by atoms with Crippen LogP contribution in [0.1, 0.15) is 25.3 Å². The highest BCUT2D eigenvalue weighted by molar-refractivity contribution is 6.31. The van der Waals surface area contributed by atoms with Gasteiger partial charge >= 0.3 is 5.97 Å². The van der Waals surface area contributed by atoms with E-state index >= 15 is 0 Å². The molecule has 3 atom stereocenters. The molecule has 9 heteroatoms.